The Morgan fingerprint density at radius 1 is 1.39 bits per heavy atom. The van der Waals surface area contributed by atoms with Gasteiger partial charge in [0.2, 0.25) is 0 Å². The number of hydrogen-bond donors (Lipinski definition) is 1. The lowest BCUT2D eigenvalue weighted by Gasteiger charge is -2.04. The molecular weight excluding hydrogens is 326 g/mol. The summed E-state index contributed by atoms with van der Waals surface area (Å²) in [5.41, 5.74) is -0.994. The van der Waals surface area contributed by atoms with Crippen molar-refractivity contribution in [1.82, 2.24) is 5.32 Å². The molecule has 0 spiro atoms. The SMILES string of the molecule is Cc1ccc(CNC(=O)C(C#N)=Cc2c(F)ccc(Cl)c2F)o1. The number of aryl methyl sites for hydroxylation is 1. The van der Waals surface area contributed by atoms with E-state index in [1.54, 1.807) is 25.1 Å². The number of furan rings is 1. The summed E-state index contributed by atoms with van der Waals surface area (Å²) in [5.74, 6) is -1.56. The summed E-state index contributed by atoms with van der Waals surface area (Å²) in [5, 5.41) is 11.2. The summed E-state index contributed by atoms with van der Waals surface area (Å²) in [6.07, 6.45) is 0.819. The van der Waals surface area contributed by atoms with Gasteiger partial charge in [0.15, 0.2) is 5.82 Å². The van der Waals surface area contributed by atoms with Crippen molar-refractivity contribution in [2.45, 2.75) is 13.5 Å². The van der Waals surface area contributed by atoms with Gasteiger partial charge in [0.1, 0.15) is 29.0 Å². The number of hydrogen-bond acceptors (Lipinski definition) is 3. The van der Waals surface area contributed by atoms with Crippen molar-refractivity contribution in [2.75, 3.05) is 0 Å². The van der Waals surface area contributed by atoms with Gasteiger partial charge in [-0.05, 0) is 37.3 Å². The monoisotopic (exact) mass is 336 g/mol. The maximum absolute atomic E-state index is 13.8. The lowest BCUT2D eigenvalue weighted by Crippen LogP contribution is -2.23. The Morgan fingerprint density at radius 2 is 2.13 bits per heavy atom. The molecule has 23 heavy (non-hydrogen) atoms. The summed E-state index contributed by atoms with van der Waals surface area (Å²) in [6, 6.07) is 7.00. The van der Waals surface area contributed by atoms with Crippen LogP contribution >= 0.6 is 11.6 Å². The topological polar surface area (TPSA) is 66.0 Å². The van der Waals surface area contributed by atoms with E-state index in [0.29, 0.717) is 11.5 Å². The Kier molecular flexibility index (Phi) is 5.14. The normalized spacial score (nSPS) is 11.2. The molecule has 0 aliphatic carbocycles. The molecule has 0 aliphatic rings. The molecule has 0 unspecified atom stereocenters. The molecule has 1 N–H and O–H groups in total. The molecule has 2 rings (SSSR count). The number of amides is 1. The van der Waals surface area contributed by atoms with Crippen LogP contribution in [0.4, 0.5) is 8.78 Å². The Morgan fingerprint density at radius 3 is 2.74 bits per heavy atom. The van der Waals surface area contributed by atoms with Gasteiger partial charge in [0.05, 0.1) is 11.6 Å². The Balaban J connectivity index is 2.20. The molecule has 0 radical (unpaired) electrons. The molecule has 1 heterocycles. The number of carbonyl (C=O) groups excluding carboxylic acids is 1. The second kappa shape index (κ2) is 7.07. The number of nitrogens with zero attached hydrogens (tertiary/aromatic N) is 1. The lowest BCUT2D eigenvalue weighted by atomic mass is 10.1. The summed E-state index contributed by atoms with van der Waals surface area (Å²) in [4.78, 5) is 11.9. The molecule has 0 aliphatic heterocycles. The van der Waals surface area contributed by atoms with Gasteiger partial charge in [0, 0.05) is 5.56 Å². The minimum Gasteiger partial charge on any atom is -0.465 e. The minimum atomic E-state index is -1.03. The average molecular weight is 337 g/mol. The van der Waals surface area contributed by atoms with Crippen molar-refractivity contribution in [2.24, 2.45) is 0 Å². The first kappa shape index (κ1) is 16.7. The smallest absolute Gasteiger partial charge is 0.262 e. The van der Waals surface area contributed by atoms with E-state index in [9.17, 15) is 13.6 Å². The van der Waals surface area contributed by atoms with E-state index in [2.05, 4.69) is 5.32 Å². The molecule has 0 fully saturated rings. The van der Waals surface area contributed by atoms with Crippen molar-refractivity contribution < 1.29 is 18.0 Å². The summed E-state index contributed by atoms with van der Waals surface area (Å²) >= 11 is 5.57. The number of nitriles is 1. The van der Waals surface area contributed by atoms with Crippen molar-refractivity contribution in [3.05, 3.63) is 63.6 Å². The van der Waals surface area contributed by atoms with Gasteiger partial charge >= 0.3 is 0 Å². The van der Waals surface area contributed by atoms with Crippen LogP contribution < -0.4 is 5.32 Å². The Labute approximate surface area is 136 Å². The van der Waals surface area contributed by atoms with E-state index in [1.807, 2.05) is 0 Å². The molecule has 0 bridgehead atoms. The van der Waals surface area contributed by atoms with Crippen LogP contribution in [0.25, 0.3) is 6.08 Å². The van der Waals surface area contributed by atoms with E-state index in [4.69, 9.17) is 21.3 Å². The molecule has 2 aromatic rings. The number of carbonyl (C=O) groups is 1. The van der Waals surface area contributed by atoms with E-state index in [1.165, 1.54) is 0 Å². The van der Waals surface area contributed by atoms with Gasteiger partial charge in [-0.1, -0.05) is 11.6 Å². The van der Waals surface area contributed by atoms with Crippen LogP contribution in [-0.2, 0) is 11.3 Å². The third kappa shape index (κ3) is 3.96. The molecule has 1 aromatic carbocycles. The average Bonchev–Trinajstić information content (AvgIpc) is 2.94. The van der Waals surface area contributed by atoms with Crippen molar-refractivity contribution in [1.29, 1.82) is 5.26 Å². The number of nitrogens with one attached hydrogen (secondary N) is 1. The number of rotatable bonds is 4. The quantitative estimate of drug-likeness (QED) is 0.525. The molecule has 4 nitrogen and oxygen atoms in total. The maximum atomic E-state index is 13.8. The van der Waals surface area contributed by atoms with Gasteiger partial charge < -0.3 is 9.73 Å². The Hall–Kier alpha value is -2.65. The van der Waals surface area contributed by atoms with Crippen LogP contribution in [-0.4, -0.2) is 5.91 Å². The molecule has 118 valence electrons. The molecule has 1 amide bonds. The zero-order chi connectivity index (χ0) is 17.0. The van der Waals surface area contributed by atoms with E-state index >= 15 is 0 Å². The summed E-state index contributed by atoms with van der Waals surface area (Å²) in [6.45, 7) is 1.79. The first-order chi connectivity index (χ1) is 10.9. The summed E-state index contributed by atoms with van der Waals surface area (Å²) in [7, 11) is 0. The fraction of sp³-hybridized carbons (Fsp3) is 0.125. The van der Waals surface area contributed by atoms with Crippen LogP contribution in [0, 0.1) is 29.9 Å². The highest BCUT2D eigenvalue weighted by Gasteiger charge is 2.15. The second-order valence-electron chi connectivity index (χ2n) is 4.62. The molecule has 1 aromatic heterocycles. The van der Waals surface area contributed by atoms with Crippen molar-refractivity contribution >= 4 is 23.6 Å². The van der Waals surface area contributed by atoms with Crippen LogP contribution in [0.2, 0.25) is 5.02 Å². The Bertz CT molecular complexity index is 822. The van der Waals surface area contributed by atoms with Crippen LogP contribution in [0.3, 0.4) is 0 Å². The molecule has 7 heteroatoms. The van der Waals surface area contributed by atoms with E-state index < -0.39 is 28.7 Å². The standard InChI is InChI=1S/C16H11ClF2N2O2/c1-9-2-3-11(23-9)8-21-16(22)10(7-20)6-12-14(18)5-4-13(17)15(12)19/h2-6H,8H2,1H3,(H,21,22). The van der Waals surface area contributed by atoms with Crippen LogP contribution in [0.5, 0.6) is 0 Å². The third-order valence-corrected chi connectivity index (χ3v) is 3.24. The highest BCUT2D eigenvalue weighted by Crippen LogP contribution is 2.23. The van der Waals surface area contributed by atoms with Gasteiger partial charge in [-0.3, -0.25) is 4.79 Å². The van der Waals surface area contributed by atoms with Crippen LogP contribution in [0.15, 0.2) is 34.3 Å². The van der Waals surface area contributed by atoms with E-state index in [0.717, 1.165) is 18.2 Å². The predicted molar refractivity (Wildman–Crippen MR) is 80.2 cm³/mol. The summed E-state index contributed by atoms with van der Waals surface area (Å²) < 4.78 is 32.7. The zero-order valence-corrected chi connectivity index (χ0v) is 12.7. The molecular formula is C16H11ClF2N2O2. The number of benzene rings is 1. The first-order valence-electron chi connectivity index (χ1n) is 6.51. The predicted octanol–water partition coefficient (Wildman–Crippen LogP) is 3.74. The van der Waals surface area contributed by atoms with Crippen molar-refractivity contribution in [3.63, 3.8) is 0 Å². The van der Waals surface area contributed by atoms with Crippen molar-refractivity contribution in [3.8, 4) is 6.07 Å². The second-order valence-corrected chi connectivity index (χ2v) is 5.03. The minimum absolute atomic E-state index is 0.0478. The highest BCUT2D eigenvalue weighted by atomic mass is 35.5. The fourth-order valence-corrected chi connectivity index (χ4v) is 1.98. The van der Waals surface area contributed by atoms with Crippen LogP contribution in [0.1, 0.15) is 17.1 Å². The fourth-order valence-electron chi connectivity index (χ4n) is 1.81. The van der Waals surface area contributed by atoms with Gasteiger partial charge in [-0.2, -0.15) is 5.26 Å². The first-order valence-corrected chi connectivity index (χ1v) is 6.89. The zero-order valence-electron chi connectivity index (χ0n) is 12.0. The largest absolute Gasteiger partial charge is 0.465 e. The molecule has 0 saturated carbocycles. The maximum Gasteiger partial charge on any atom is 0.262 e. The highest BCUT2D eigenvalue weighted by molar-refractivity contribution is 6.30. The van der Waals surface area contributed by atoms with E-state index in [-0.39, 0.29) is 11.6 Å². The molecule has 0 atom stereocenters. The molecule has 0 saturated heterocycles. The number of halogens is 3. The van der Waals surface area contributed by atoms with Gasteiger partial charge in [0.25, 0.3) is 5.91 Å². The van der Waals surface area contributed by atoms with Gasteiger partial charge in [-0.15, -0.1) is 0 Å². The third-order valence-electron chi connectivity index (χ3n) is 2.95. The van der Waals surface area contributed by atoms with Gasteiger partial charge in [-0.25, -0.2) is 8.78 Å². The lowest BCUT2D eigenvalue weighted by molar-refractivity contribution is -0.117.